The maximum Gasteiger partial charge on any atom is 0.234 e. The highest BCUT2D eigenvalue weighted by Crippen LogP contribution is 2.49. The third-order valence-electron chi connectivity index (χ3n) is 5.03. The quantitative estimate of drug-likeness (QED) is 0.879. The summed E-state index contributed by atoms with van der Waals surface area (Å²) in [5.74, 6) is -0.106. The van der Waals surface area contributed by atoms with E-state index >= 15 is 0 Å². The van der Waals surface area contributed by atoms with Crippen molar-refractivity contribution in [1.29, 1.82) is 0 Å². The first kappa shape index (κ1) is 17.9. The third-order valence-corrected chi connectivity index (χ3v) is 5.03. The second-order valence-corrected chi connectivity index (χ2v) is 7.38. The highest BCUT2D eigenvalue weighted by Gasteiger charge is 2.53. The SMILES string of the molecule is CC(C)NC(=O)CN1CCN(C(=O)C2(c3ccc(F)cc3)CC2)CC1. The Labute approximate surface area is 148 Å². The zero-order valence-corrected chi connectivity index (χ0v) is 14.9. The molecule has 0 bridgehead atoms. The van der Waals surface area contributed by atoms with Gasteiger partial charge in [-0.05, 0) is 44.4 Å². The average Bonchev–Trinajstić information content (AvgIpc) is 3.36. The Kier molecular flexibility index (Phi) is 5.08. The summed E-state index contributed by atoms with van der Waals surface area (Å²) in [6.45, 7) is 6.95. The Morgan fingerprint density at radius 1 is 1.12 bits per heavy atom. The van der Waals surface area contributed by atoms with Crippen molar-refractivity contribution < 1.29 is 14.0 Å². The molecule has 0 radical (unpaired) electrons. The fourth-order valence-electron chi connectivity index (χ4n) is 3.50. The number of carbonyl (C=O) groups excluding carboxylic acids is 2. The van der Waals surface area contributed by atoms with Gasteiger partial charge in [0, 0.05) is 32.2 Å². The molecular formula is C19H26FN3O2. The molecule has 6 heteroatoms. The molecule has 1 heterocycles. The van der Waals surface area contributed by atoms with Crippen molar-refractivity contribution in [1.82, 2.24) is 15.1 Å². The molecule has 1 aliphatic heterocycles. The summed E-state index contributed by atoms with van der Waals surface area (Å²) < 4.78 is 13.1. The van der Waals surface area contributed by atoms with Gasteiger partial charge in [0.25, 0.3) is 0 Å². The maximum atomic E-state index is 13.1. The fraction of sp³-hybridized carbons (Fsp3) is 0.579. The largest absolute Gasteiger partial charge is 0.353 e. The van der Waals surface area contributed by atoms with Crippen molar-refractivity contribution >= 4 is 11.8 Å². The zero-order chi connectivity index (χ0) is 18.0. The number of amides is 2. The van der Waals surface area contributed by atoms with Gasteiger partial charge >= 0.3 is 0 Å². The summed E-state index contributed by atoms with van der Waals surface area (Å²) in [6, 6.07) is 6.45. The van der Waals surface area contributed by atoms with Crippen molar-refractivity contribution in [2.75, 3.05) is 32.7 Å². The Morgan fingerprint density at radius 3 is 2.24 bits per heavy atom. The van der Waals surface area contributed by atoms with E-state index in [1.54, 1.807) is 12.1 Å². The van der Waals surface area contributed by atoms with E-state index in [9.17, 15) is 14.0 Å². The van der Waals surface area contributed by atoms with Crippen molar-refractivity contribution in [3.05, 3.63) is 35.6 Å². The van der Waals surface area contributed by atoms with Crippen LogP contribution in [0.1, 0.15) is 32.3 Å². The van der Waals surface area contributed by atoms with Crippen LogP contribution in [0.3, 0.4) is 0 Å². The minimum absolute atomic E-state index is 0.0275. The summed E-state index contributed by atoms with van der Waals surface area (Å²) in [4.78, 5) is 28.8. The van der Waals surface area contributed by atoms with Gasteiger partial charge in [0.15, 0.2) is 0 Å². The van der Waals surface area contributed by atoms with Crippen molar-refractivity contribution in [2.24, 2.45) is 0 Å². The minimum Gasteiger partial charge on any atom is -0.353 e. The van der Waals surface area contributed by atoms with Gasteiger partial charge in [-0.3, -0.25) is 14.5 Å². The minimum atomic E-state index is -0.453. The molecule has 1 aromatic rings. The predicted octanol–water partition coefficient (Wildman–Crippen LogP) is 1.53. The molecule has 0 atom stereocenters. The van der Waals surface area contributed by atoms with Crippen LogP contribution in [0, 0.1) is 5.82 Å². The first-order valence-electron chi connectivity index (χ1n) is 8.98. The van der Waals surface area contributed by atoms with E-state index in [-0.39, 0.29) is 23.7 Å². The standard InChI is InChI=1S/C19H26FN3O2/c1-14(2)21-17(24)13-22-9-11-23(12-10-22)18(25)19(7-8-19)15-3-5-16(20)6-4-15/h3-6,14H,7-13H2,1-2H3,(H,21,24). The van der Waals surface area contributed by atoms with Gasteiger partial charge < -0.3 is 10.2 Å². The van der Waals surface area contributed by atoms with Gasteiger partial charge in [0.2, 0.25) is 11.8 Å². The number of carbonyl (C=O) groups is 2. The molecule has 5 nitrogen and oxygen atoms in total. The van der Waals surface area contributed by atoms with Crippen LogP contribution in [-0.2, 0) is 15.0 Å². The van der Waals surface area contributed by atoms with Gasteiger partial charge in [-0.2, -0.15) is 0 Å². The van der Waals surface area contributed by atoms with E-state index in [1.165, 1.54) is 12.1 Å². The lowest BCUT2D eigenvalue weighted by atomic mass is 9.94. The molecule has 136 valence electrons. The number of hydrogen-bond acceptors (Lipinski definition) is 3. The van der Waals surface area contributed by atoms with Crippen LogP contribution in [0.5, 0.6) is 0 Å². The second kappa shape index (κ2) is 7.12. The number of rotatable bonds is 5. The molecule has 0 unspecified atom stereocenters. The number of benzene rings is 1. The van der Waals surface area contributed by atoms with Gasteiger partial charge in [-0.1, -0.05) is 12.1 Å². The summed E-state index contributed by atoms with van der Waals surface area (Å²) in [6.07, 6.45) is 1.66. The molecule has 1 aliphatic carbocycles. The number of halogens is 1. The van der Waals surface area contributed by atoms with Crippen LogP contribution in [0.2, 0.25) is 0 Å². The first-order valence-corrected chi connectivity index (χ1v) is 8.98. The van der Waals surface area contributed by atoms with Gasteiger partial charge in [-0.25, -0.2) is 4.39 Å². The van der Waals surface area contributed by atoms with Crippen LogP contribution in [0.25, 0.3) is 0 Å². The molecule has 1 aromatic carbocycles. The molecule has 0 aromatic heterocycles. The number of nitrogens with zero attached hydrogens (tertiary/aromatic N) is 2. The smallest absolute Gasteiger partial charge is 0.234 e. The summed E-state index contributed by atoms with van der Waals surface area (Å²) >= 11 is 0. The Morgan fingerprint density at radius 2 is 1.72 bits per heavy atom. The lowest BCUT2D eigenvalue weighted by Crippen LogP contribution is -2.53. The Bertz CT molecular complexity index is 633. The Hall–Kier alpha value is -1.95. The number of hydrogen-bond donors (Lipinski definition) is 1. The molecule has 2 fully saturated rings. The molecule has 2 aliphatic rings. The molecule has 25 heavy (non-hydrogen) atoms. The van der Waals surface area contributed by atoms with Gasteiger partial charge in [0.05, 0.1) is 12.0 Å². The average molecular weight is 347 g/mol. The molecule has 1 N–H and O–H groups in total. The number of nitrogens with one attached hydrogen (secondary N) is 1. The molecular weight excluding hydrogens is 321 g/mol. The highest BCUT2D eigenvalue weighted by atomic mass is 19.1. The van der Waals surface area contributed by atoms with E-state index < -0.39 is 5.41 Å². The molecule has 2 amide bonds. The third kappa shape index (κ3) is 4.00. The Balaban J connectivity index is 1.55. The first-order chi connectivity index (χ1) is 11.9. The van der Waals surface area contributed by atoms with Crippen LogP contribution < -0.4 is 5.32 Å². The fourth-order valence-corrected chi connectivity index (χ4v) is 3.50. The van der Waals surface area contributed by atoms with E-state index in [0.717, 1.165) is 18.4 Å². The summed E-state index contributed by atoms with van der Waals surface area (Å²) in [5.41, 5.74) is 0.461. The lowest BCUT2D eigenvalue weighted by molar-refractivity contribution is -0.136. The van der Waals surface area contributed by atoms with Crippen LogP contribution >= 0.6 is 0 Å². The molecule has 1 saturated heterocycles. The topological polar surface area (TPSA) is 52.7 Å². The van der Waals surface area contributed by atoms with Crippen molar-refractivity contribution in [3.63, 3.8) is 0 Å². The monoisotopic (exact) mass is 347 g/mol. The normalized spacial score (nSPS) is 19.8. The van der Waals surface area contributed by atoms with Crippen molar-refractivity contribution in [2.45, 2.75) is 38.1 Å². The summed E-state index contributed by atoms with van der Waals surface area (Å²) in [5, 5.41) is 2.89. The predicted molar refractivity (Wildman–Crippen MR) is 93.6 cm³/mol. The molecule has 0 spiro atoms. The zero-order valence-electron chi connectivity index (χ0n) is 14.9. The van der Waals surface area contributed by atoms with Gasteiger partial charge in [0.1, 0.15) is 5.82 Å². The summed E-state index contributed by atoms with van der Waals surface area (Å²) in [7, 11) is 0. The van der Waals surface area contributed by atoms with E-state index in [0.29, 0.717) is 32.7 Å². The lowest BCUT2D eigenvalue weighted by Gasteiger charge is -2.36. The number of piperazine rings is 1. The van der Waals surface area contributed by atoms with Gasteiger partial charge in [-0.15, -0.1) is 0 Å². The van der Waals surface area contributed by atoms with Crippen LogP contribution in [-0.4, -0.2) is 60.4 Å². The van der Waals surface area contributed by atoms with E-state index in [1.807, 2.05) is 18.7 Å². The maximum absolute atomic E-state index is 13.1. The van der Waals surface area contributed by atoms with E-state index in [4.69, 9.17) is 0 Å². The van der Waals surface area contributed by atoms with E-state index in [2.05, 4.69) is 10.2 Å². The highest BCUT2D eigenvalue weighted by molar-refractivity contribution is 5.91. The van der Waals surface area contributed by atoms with Crippen LogP contribution in [0.4, 0.5) is 4.39 Å². The molecule has 1 saturated carbocycles. The van der Waals surface area contributed by atoms with Crippen molar-refractivity contribution in [3.8, 4) is 0 Å². The van der Waals surface area contributed by atoms with Crippen LogP contribution in [0.15, 0.2) is 24.3 Å². The second-order valence-electron chi connectivity index (χ2n) is 7.38. The molecule has 3 rings (SSSR count).